The minimum atomic E-state index is 0.662. The van der Waals surface area contributed by atoms with Gasteiger partial charge in [-0.2, -0.15) is 14.9 Å². The largest absolute Gasteiger partial charge is 0.274 e. The summed E-state index contributed by atoms with van der Waals surface area (Å²) in [4.78, 5) is 0. The highest BCUT2D eigenvalue weighted by Gasteiger charge is 2.22. The number of rotatable bonds is 3. The molecular weight excluding hydrogens is 549 g/mol. The van der Waals surface area contributed by atoms with E-state index < -0.39 is 0 Å². The summed E-state index contributed by atoms with van der Waals surface area (Å²) in [5.74, 6) is 1.44. The molecule has 0 saturated carbocycles. The number of benzene rings is 2. The van der Waals surface area contributed by atoms with Crippen molar-refractivity contribution in [1.82, 2.24) is 25.1 Å². The number of aromatic amines is 1. The zero-order valence-electron chi connectivity index (χ0n) is 23.0. The molecule has 2 aromatic heterocycles. The lowest BCUT2D eigenvalue weighted by Crippen LogP contribution is -2.13. The third-order valence-corrected chi connectivity index (χ3v) is 5.89. The first-order valence-corrected chi connectivity index (χ1v) is 13.4. The van der Waals surface area contributed by atoms with Crippen molar-refractivity contribution in [1.29, 1.82) is 0 Å². The number of H-pyrrole nitrogens is 1. The third kappa shape index (κ3) is 9.84. The maximum absolute atomic E-state index is 4.77. The van der Waals surface area contributed by atoms with Crippen LogP contribution in [0.5, 0.6) is 0 Å². The van der Waals surface area contributed by atoms with Gasteiger partial charge in [-0.3, -0.25) is 5.10 Å². The molecule has 0 fully saturated rings. The Hall–Kier alpha value is -6.57. The van der Waals surface area contributed by atoms with Crippen molar-refractivity contribution in [2.24, 2.45) is 5.10 Å². The number of aromatic nitrogens is 5. The minimum Gasteiger partial charge on any atom is -0.274 e. The topological polar surface area (TPSA) is 71.8 Å². The van der Waals surface area contributed by atoms with Crippen LogP contribution in [0.3, 0.4) is 0 Å². The quantitative estimate of drug-likeness (QED) is 0.262. The molecule has 7 heteroatoms. The molecule has 1 aliphatic heterocycles. The fourth-order valence-corrected chi connectivity index (χ4v) is 4.03. The lowest BCUT2D eigenvalue weighted by Gasteiger charge is -2.13. The summed E-state index contributed by atoms with van der Waals surface area (Å²) in [6.45, 7) is 13.0. The van der Waals surface area contributed by atoms with E-state index in [9.17, 15) is 0 Å². The first kappa shape index (κ1) is 31.0. The highest BCUT2D eigenvalue weighted by atomic mass is 32.2. The van der Waals surface area contributed by atoms with Crippen LogP contribution in [0, 0.1) is 0 Å². The minimum absolute atomic E-state index is 0.662. The monoisotopic (exact) mass is 570 g/mol. The van der Waals surface area contributed by atoms with E-state index in [4.69, 9.17) is 5.10 Å². The zero-order chi connectivity index (χ0) is 30.5. The van der Waals surface area contributed by atoms with Crippen LogP contribution in [0.25, 0.3) is 22.8 Å². The van der Waals surface area contributed by atoms with Crippen LogP contribution < -0.4 is 0 Å². The Morgan fingerprint density at radius 1 is 0.651 bits per heavy atom. The van der Waals surface area contributed by atoms with E-state index in [1.54, 1.807) is 16.4 Å². The van der Waals surface area contributed by atoms with Crippen molar-refractivity contribution < 1.29 is 0 Å². The Labute approximate surface area is 253 Å². The number of hydrogen-bond acceptors (Lipinski definition) is 5. The van der Waals surface area contributed by atoms with Crippen LogP contribution >= 0.6 is 11.8 Å². The zero-order valence-corrected chi connectivity index (χ0v) is 23.8. The maximum atomic E-state index is 4.77. The molecule has 4 aromatic rings. The van der Waals surface area contributed by atoms with E-state index in [1.165, 1.54) is 0 Å². The fraction of sp³-hybridized carbons (Fsp3) is 0.0278. The molecular formula is C36H22N6S. The second-order valence-electron chi connectivity index (χ2n) is 7.68. The lowest BCUT2D eigenvalue weighted by molar-refractivity contribution is 0.760. The van der Waals surface area contributed by atoms with Gasteiger partial charge < -0.3 is 0 Å². The normalized spacial score (nSPS) is 9.44. The predicted molar refractivity (Wildman–Crippen MR) is 170 cm³/mol. The number of hydrogen-bond donors (Lipinski definition) is 1. The van der Waals surface area contributed by atoms with Gasteiger partial charge in [0, 0.05) is 11.3 Å². The van der Waals surface area contributed by atoms with Crippen molar-refractivity contribution in [3.8, 4) is 22.8 Å². The van der Waals surface area contributed by atoms with Gasteiger partial charge >= 0.3 is 0 Å². The predicted octanol–water partition coefficient (Wildman–Crippen LogP) is 7.31. The Kier molecular flexibility index (Phi) is 12.9. The van der Waals surface area contributed by atoms with E-state index in [0.29, 0.717) is 5.82 Å². The Morgan fingerprint density at radius 3 is 1.70 bits per heavy atom. The molecule has 202 valence electrons. The second-order valence-corrected chi connectivity index (χ2v) is 8.63. The first-order valence-electron chi connectivity index (χ1n) is 12.4. The molecule has 0 aliphatic carbocycles. The van der Waals surface area contributed by atoms with E-state index in [0.717, 1.165) is 39.1 Å². The van der Waals surface area contributed by atoms with E-state index in [-0.39, 0.29) is 0 Å². The molecule has 3 heterocycles. The standard InChI is InChI=1S/C19H14N6S.C9H4.C8H4/c1-3-7-13(8-4-1)15-11-16(21-20-15)18-22-23-19-25(18)24-17(12-26-19)14-9-5-2-6-10-14;1-3-5-7-9-8-6-4-2;1-3-5-7-8-6-4-2/h1-11H,12H2,(H,20,21);1-2H2;1-2H2. The average Bonchev–Trinajstić information content (AvgIpc) is 3.72. The van der Waals surface area contributed by atoms with Gasteiger partial charge in [0.2, 0.25) is 11.0 Å². The summed E-state index contributed by atoms with van der Waals surface area (Å²) >= 11 is 1.63. The third-order valence-electron chi connectivity index (χ3n) is 4.96. The van der Waals surface area contributed by atoms with Crippen molar-refractivity contribution in [2.75, 3.05) is 5.75 Å². The van der Waals surface area contributed by atoms with Crippen LogP contribution in [0.4, 0.5) is 0 Å². The summed E-state index contributed by atoms with van der Waals surface area (Å²) in [6, 6.07) is 22.2. The summed E-state index contributed by atoms with van der Waals surface area (Å²) in [5, 5.41) is 21.6. The van der Waals surface area contributed by atoms with Crippen molar-refractivity contribution in [2.45, 2.75) is 5.16 Å². The summed E-state index contributed by atoms with van der Waals surface area (Å²) < 4.78 is 1.79. The Bertz CT molecular complexity index is 2040. The first-order chi connectivity index (χ1) is 21.2. The van der Waals surface area contributed by atoms with Crippen LogP contribution in [-0.4, -0.2) is 36.5 Å². The molecule has 0 atom stereocenters. The molecule has 0 bridgehead atoms. The van der Waals surface area contributed by atoms with E-state index >= 15 is 0 Å². The van der Waals surface area contributed by atoms with Crippen molar-refractivity contribution in [3.05, 3.63) is 173 Å². The smallest absolute Gasteiger partial charge is 0.212 e. The molecule has 0 unspecified atom stereocenters. The van der Waals surface area contributed by atoms with E-state index in [2.05, 4.69) is 133 Å². The average molecular weight is 571 g/mol. The Morgan fingerprint density at radius 2 is 1.16 bits per heavy atom. The molecule has 1 N–H and O–H groups in total. The molecule has 6 nitrogen and oxygen atoms in total. The summed E-state index contributed by atoms with van der Waals surface area (Å²) in [5.41, 5.74) is 36.3. The molecule has 5 rings (SSSR count). The van der Waals surface area contributed by atoms with Crippen LogP contribution in [0.1, 0.15) is 5.56 Å². The van der Waals surface area contributed by atoms with Gasteiger partial charge in [-0.25, -0.2) is 0 Å². The van der Waals surface area contributed by atoms with Gasteiger partial charge in [0.25, 0.3) is 0 Å². The highest BCUT2D eigenvalue weighted by Crippen LogP contribution is 2.29. The lowest BCUT2D eigenvalue weighted by atomic mass is 10.1. The summed E-state index contributed by atoms with van der Waals surface area (Å²) in [7, 11) is 0. The second kappa shape index (κ2) is 17.9. The SMILES string of the molecule is C=C=C=C=C=C=C=C.C=C=C=C=C=C=C=C=C.c1ccc(C2=Nn3c(nnc3-c3cc(-c4ccccc4)n[nH]3)SC2)cc1. The van der Waals surface area contributed by atoms with Crippen LogP contribution in [-0.2, 0) is 0 Å². The van der Waals surface area contributed by atoms with Gasteiger partial charge in [0.05, 0.1) is 11.4 Å². The molecule has 1 aliphatic rings. The van der Waals surface area contributed by atoms with E-state index in [1.807, 2.05) is 54.6 Å². The molecule has 0 saturated heterocycles. The molecule has 0 radical (unpaired) electrons. The maximum Gasteiger partial charge on any atom is 0.212 e. The highest BCUT2D eigenvalue weighted by molar-refractivity contribution is 7.99. The number of thioether (sulfide) groups is 1. The molecule has 2 aromatic carbocycles. The van der Waals surface area contributed by atoms with Gasteiger partial charge in [-0.15, -0.1) is 10.2 Å². The summed E-state index contributed by atoms with van der Waals surface area (Å²) in [6.07, 6.45) is 0. The van der Waals surface area contributed by atoms with Crippen LogP contribution in [0.2, 0.25) is 0 Å². The number of nitrogens with zero attached hydrogens (tertiary/aromatic N) is 5. The molecule has 0 amide bonds. The molecule has 43 heavy (non-hydrogen) atoms. The van der Waals surface area contributed by atoms with Gasteiger partial charge in [-0.05, 0) is 89.5 Å². The van der Waals surface area contributed by atoms with Gasteiger partial charge in [0.15, 0.2) is 0 Å². The van der Waals surface area contributed by atoms with Crippen molar-refractivity contribution >= 4 is 17.5 Å². The molecule has 0 spiro atoms. The van der Waals surface area contributed by atoms with Gasteiger partial charge in [-0.1, -0.05) is 95.4 Å². The van der Waals surface area contributed by atoms with Crippen molar-refractivity contribution in [3.63, 3.8) is 0 Å². The van der Waals surface area contributed by atoms with Crippen LogP contribution in [0.15, 0.2) is 178 Å². The van der Waals surface area contributed by atoms with Gasteiger partial charge in [0.1, 0.15) is 5.69 Å². The Balaban J connectivity index is 0.000000247. The number of fused-ring (bicyclic) bond motifs is 1. The number of nitrogens with one attached hydrogen (secondary N) is 1. The fourth-order valence-electron chi connectivity index (χ4n) is 3.19.